The van der Waals surface area contributed by atoms with Crippen LogP contribution in [0.15, 0.2) is 76.0 Å². The van der Waals surface area contributed by atoms with Gasteiger partial charge in [-0.25, -0.2) is 4.98 Å². The van der Waals surface area contributed by atoms with E-state index in [0.29, 0.717) is 28.0 Å². The van der Waals surface area contributed by atoms with Crippen molar-refractivity contribution in [3.05, 3.63) is 96.5 Å². The summed E-state index contributed by atoms with van der Waals surface area (Å²) in [4.78, 5) is 30.9. The van der Waals surface area contributed by atoms with Gasteiger partial charge in [-0.2, -0.15) is 0 Å². The van der Waals surface area contributed by atoms with E-state index in [1.54, 1.807) is 10.6 Å². The maximum absolute atomic E-state index is 13.4. The van der Waals surface area contributed by atoms with Crippen LogP contribution in [0.5, 0.6) is 0 Å². The van der Waals surface area contributed by atoms with Crippen molar-refractivity contribution in [2.24, 2.45) is 0 Å². The zero-order valence-corrected chi connectivity index (χ0v) is 19.1. The van der Waals surface area contributed by atoms with Crippen molar-refractivity contribution in [3.8, 4) is 5.69 Å². The summed E-state index contributed by atoms with van der Waals surface area (Å²) < 4.78 is 3.37. The first-order valence-corrected chi connectivity index (χ1v) is 11.0. The molecule has 1 aliphatic rings. The van der Waals surface area contributed by atoms with Gasteiger partial charge in [-0.3, -0.25) is 14.2 Å². The van der Waals surface area contributed by atoms with Gasteiger partial charge in [0.15, 0.2) is 0 Å². The third-order valence-corrected chi connectivity index (χ3v) is 6.07. The summed E-state index contributed by atoms with van der Waals surface area (Å²) in [5.74, 6) is 0.178. The highest BCUT2D eigenvalue weighted by molar-refractivity contribution is 14.1. The molecule has 0 fully saturated rings. The van der Waals surface area contributed by atoms with Crippen LogP contribution < -0.4 is 10.9 Å². The molecule has 1 aliphatic heterocycles. The molecule has 0 aliphatic carbocycles. The van der Waals surface area contributed by atoms with Crippen LogP contribution in [-0.2, 0) is 4.79 Å². The fourth-order valence-corrected chi connectivity index (χ4v) is 4.38. The molecule has 2 heterocycles. The van der Waals surface area contributed by atoms with E-state index in [2.05, 4.69) is 43.8 Å². The molecule has 0 spiro atoms. The summed E-state index contributed by atoms with van der Waals surface area (Å²) >= 11 is 5.64. The molecule has 30 heavy (non-hydrogen) atoms. The average molecular weight is 570 g/mol. The first-order valence-electron chi connectivity index (χ1n) is 9.12. The zero-order chi connectivity index (χ0) is 20.8. The highest BCUT2D eigenvalue weighted by Gasteiger charge is 2.25. The highest BCUT2D eigenvalue weighted by atomic mass is 127. The molecule has 5 rings (SSSR count). The number of rotatable bonds is 2. The number of para-hydroxylation sites is 1. The van der Waals surface area contributed by atoms with Crippen molar-refractivity contribution in [2.75, 3.05) is 5.32 Å². The van der Waals surface area contributed by atoms with E-state index < -0.39 is 0 Å². The lowest BCUT2D eigenvalue weighted by Crippen LogP contribution is -2.22. The van der Waals surface area contributed by atoms with Crippen LogP contribution >= 0.6 is 38.5 Å². The summed E-state index contributed by atoms with van der Waals surface area (Å²) in [5.41, 5.74) is 3.07. The van der Waals surface area contributed by atoms with Crippen molar-refractivity contribution in [2.45, 2.75) is 0 Å². The second-order valence-corrected chi connectivity index (χ2v) is 8.97. The number of nitrogens with zero attached hydrogens (tertiary/aromatic N) is 2. The van der Waals surface area contributed by atoms with Crippen LogP contribution in [0.2, 0.25) is 0 Å². The number of hydrogen-bond donors (Lipinski definition) is 1. The van der Waals surface area contributed by atoms with E-state index in [0.717, 1.165) is 19.3 Å². The van der Waals surface area contributed by atoms with Crippen molar-refractivity contribution in [1.82, 2.24) is 9.55 Å². The van der Waals surface area contributed by atoms with Gasteiger partial charge in [0.05, 0.1) is 22.2 Å². The number of carbonyl (C=O) groups excluding carboxylic acids is 1. The van der Waals surface area contributed by atoms with Crippen LogP contribution in [-0.4, -0.2) is 15.5 Å². The third-order valence-electron chi connectivity index (χ3n) is 4.91. The average Bonchev–Trinajstić information content (AvgIpc) is 3.04. The zero-order valence-electron chi connectivity index (χ0n) is 15.4. The number of benzene rings is 3. The summed E-state index contributed by atoms with van der Waals surface area (Å²) in [6.07, 6.45) is 1.68. The van der Waals surface area contributed by atoms with Gasteiger partial charge in [-0.15, -0.1) is 0 Å². The van der Waals surface area contributed by atoms with Gasteiger partial charge in [0.1, 0.15) is 5.82 Å². The minimum absolute atomic E-state index is 0.176. The van der Waals surface area contributed by atoms with Crippen molar-refractivity contribution < 1.29 is 4.79 Å². The molecule has 7 heteroatoms. The van der Waals surface area contributed by atoms with Crippen molar-refractivity contribution in [3.63, 3.8) is 0 Å². The predicted octanol–water partition coefficient (Wildman–Crippen LogP) is 5.25. The Labute approximate surface area is 193 Å². The first-order chi connectivity index (χ1) is 14.5. The maximum Gasteiger partial charge on any atom is 0.266 e. The number of fused-ring (bicyclic) bond motifs is 2. The molecular formula is C23H13BrIN3O2. The van der Waals surface area contributed by atoms with E-state index in [4.69, 9.17) is 4.98 Å². The SMILES string of the molecule is O=C1Nc2ccc(Br)cc2/C1=C/c1nc2ccc(I)cc2c(=O)n1-c1ccccc1. The van der Waals surface area contributed by atoms with E-state index in [1.807, 2.05) is 66.7 Å². The van der Waals surface area contributed by atoms with E-state index in [1.165, 1.54) is 0 Å². The monoisotopic (exact) mass is 569 g/mol. The fourth-order valence-electron chi connectivity index (χ4n) is 3.53. The molecule has 146 valence electrons. The normalized spacial score (nSPS) is 14.2. The number of amides is 1. The van der Waals surface area contributed by atoms with Gasteiger partial charge in [0.2, 0.25) is 0 Å². The number of nitrogens with one attached hydrogen (secondary N) is 1. The molecule has 1 aromatic heterocycles. The molecule has 0 unspecified atom stereocenters. The minimum atomic E-state index is -0.223. The van der Waals surface area contributed by atoms with Crippen molar-refractivity contribution >= 4 is 72.7 Å². The van der Waals surface area contributed by atoms with Crippen LogP contribution in [0.1, 0.15) is 11.4 Å². The Morgan fingerprint density at radius 3 is 2.60 bits per heavy atom. The number of halogens is 2. The quantitative estimate of drug-likeness (QED) is 0.265. The van der Waals surface area contributed by atoms with Crippen LogP contribution in [0.4, 0.5) is 5.69 Å². The number of aromatic nitrogens is 2. The Bertz CT molecular complexity index is 1430. The third kappa shape index (κ3) is 3.27. The van der Waals surface area contributed by atoms with Gasteiger partial charge in [-0.1, -0.05) is 34.1 Å². The molecular weight excluding hydrogens is 557 g/mol. The predicted molar refractivity (Wildman–Crippen MR) is 131 cm³/mol. The molecule has 1 N–H and O–H groups in total. The molecule has 3 aromatic carbocycles. The van der Waals surface area contributed by atoms with Gasteiger partial charge >= 0.3 is 0 Å². The Hall–Kier alpha value is -2.78. The Morgan fingerprint density at radius 1 is 1.00 bits per heavy atom. The lowest BCUT2D eigenvalue weighted by Gasteiger charge is -2.12. The minimum Gasteiger partial charge on any atom is -0.321 e. The second-order valence-electron chi connectivity index (χ2n) is 6.81. The molecule has 0 saturated heterocycles. The topological polar surface area (TPSA) is 64.0 Å². The molecule has 1 amide bonds. The van der Waals surface area contributed by atoms with Gasteiger partial charge in [-0.05, 0) is 77.2 Å². The molecule has 5 nitrogen and oxygen atoms in total. The molecule has 0 radical (unpaired) electrons. The summed E-state index contributed by atoms with van der Waals surface area (Å²) in [5, 5.41) is 3.40. The number of carbonyl (C=O) groups is 1. The second kappa shape index (κ2) is 7.48. The lowest BCUT2D eigenvalue weighted by atomic mass is 10.1. The van der Waals surface area contributed by atoms with Crippen LogP contribution in [0.3, 0.4) is 0 Å². The summed E-state index contributed by atoms with van der Waals surface area (Å²) in [6, 6.07) is 20.5. The van der Waals surface area contributed by atoms with E-state index in [-0.39, 0.29) is 11.5 Å². The smallest absolute Gasteiger partial charge is 0.266 e. The first kappa shape index (κ1) is 19.2. The number of hydrogen-bond acceptors (Lipinski definition) is 3. The van der Waals surface area contributed by atoms with E-state index >= 15 is 0 Å². The molecule has 4 aromatic rings. The Balaban J connectivity index is 1.83. The maximum atomic E-state index is 13.4. The Kier molecular flexibility index (Phi) is 4.79. The largest absolute Gasteiger partial charge is 0.321 e. The fraction of sp³-hybridized carbons (Fsp3) is 0. The molecule has 0 bridgehead atoms. The molecule has 0 saturated carbocycles. The Morgan fingerprint density at radius 2 is 1.80 bits per heavy atom. The van der Waals surface area contributed by atoms with E-state index in [9.17, 15) is 9.59 Å². The lowest BCUT2D eigenvalue weighted by molar-refractivity contribution is -0.110. The van der Waals surface area contributed by atoms with Gasteiger partial charge < -0.3 is 5.32 Å². The standard InChI is InChI=1S/C23H13BrIN3O2/c24-13-6-8-19-16(10-13)17(22(29)27-19)12-21-26-20-9-7-14(25)11-18(20)23(30)28(21)15-4-2-1-3-5-15/h1-12H,(H,27,29)/b17-12-. The highest BCUT2D eigenvalue weighted by Crippen LogP contribution is 2.35. The van der Waals surface area contributed by atoms with Crippen LogP contribution in [0.25, 0.3) is 28.2 Å². The van der Waals surface area contributed by atoms with Gasteiger partial charge in [0.25, 0.3) is 11.5 Å². The van der Waals surface area contributed by atoms with Crippen LogP contribution in [0, 0.1) is 3.57 Å². The van der Waals surface area contributed by atoms with Gasteiger partial charge in [0, 0.05) is 19.3 Å². The number of anilines is 1. The summed E-state index contributed by atoms with van der Waals surface area (Å²) in [6.45, 7) is 0. The summed E-state index contributed by atoms with van der Waals surface area (Å²) in [7, 11) is 0. The molecule has 0 atom stereocenters. The van der Waals surface area contributed by atoms with Crippen molar-refractivity contribution in [1.29, 1.82) is 0 Å².